The minimum absolute atomic E-state index is 0.196. The van der Waals surface area contributed by atoms with Crippen molar-refractivity contribution >= 4 is 23.2 Å². The number of aromatic nitrogens is 2. The van der Waals surface area contributed by atoms with Crippen molar-refractivity contribution in [2.45, 2.75) is 13.5 Å². The van der Waals surface area contributed by atoms with E-state index in [4.69, 9.17) is 11.6 Å². The average molecular weight is 344 g/mol. The quantitative estimate of drug-likeness (QED) is 0.768. The topological polar surface area (TPSA) is 46.9 Å². The fourth-order valence-corrected chi connectivity index (χ4v) is 2.56. The van der Waals surface area contributed by atoms with E-state index >= 15 is 0 Å². The lowest BCUT2D eigenvalue weighted by molar-refractivity contribution is 0.102. The number of benzene rings is 2. The Bertz CT molecular complexity index is 891. The largest absolute Gasteiger partial charge is 0.319 e. The van der Waals surface area contributed by atoms with E-state index in [1.807, 2.05) is 25.1 Å². The lowest BCUT2D eigenvalue weighted by Gasteiger charge is -2.05. The predicted octanol–water partition coefficient (Wildman–Crippen LogP) is 4.28. The number of hydrogen-bond acceptors (Lipinski definition) is 2. The molecular weight excluding hydrogens is 329 g/mol. The van der Waals surface area contributed by atoms with Gasteiger partial charge < -0.3 is 5.32 Å². The summed E-state index contributed by atoms with van der Waals surface area (Å²) in [5.74, 6) is -0.576. The van der Waals surface area contributed by atoms with Gasteiger partial charge in [-0.3, -0.25) is 9.48 Å². The van der Waals surface area contributed by atoms with Crippen LogP contribution in [0.15, 0.2) is 54.9 Å². The minimum atomic E-state index is -0.379. The van der Waals surface area contributed by atoms with Gasteiger partial charge in [-0.25, -0.2) is 4.39 Å². The maximum absolute atomic E-state index is 13.1. The van der Waals surface area contributed by atoms with Crippen LogP contribution in [0, 0.1) is 12.7 Å². The number of carbonyl (C=O) groups is 1. The molecule has 0 bridgehead atoms. The van der Waals surface area contributed by atoms with Gasteiger partial charge in [-0.2, -0.15) is 5.10 Å². The van der Waals surface area contributed by atoms with Crippen molar-refractivity contribution < 1.29 is 9.18 Å². The number of hydrogen-bond donors (Lipinski definition) is 1. The lowest BCUT2D eigenvalue weighted by atomic mass is 10.1. The van der Waals surface area contributed by atoms with Crippen LogP contribution < -0.4 is 5.32 Å². The van der Waals surface area contributed by atoms with Gasteiger partial charge >= 0.3 is 0 Å². The summed E-state index contributed by atoms with van der Waals surface area (Å²) < 4.78 is 14.7. The van der Waals surface area contributed by atoms with E-state index in [-0.39, 0.29) is 11.7 Å². The molecular formula is C18H15ClFN3O. The molecule has 0 aliphatic heterocycles. The highest BCUT2D eigenvalue weighted by molar-refractivity contribution is 6.31. The molecule has 0 saturated carbocycles. The van der Waals surface area contributed by atoms with Crippen LogP contribution in [0.3, 0.4) is 0 Å². The number of amides is 1. The van der Waals surface area contributed by atoms with Crippen molar-refractivity contribution in [2.24, 2.45) is 0 Å². The molecule has 24 heavy (non-hydrogen) atoms. The summed E-state index contributed by atoms with van der Waals surface area (Å²) in [5.41, 5.74) is 2.94. The van der Waals surface area contributed by atoms with Crippen LogP contribution in [0.4, 0.5) is 10.1 Å². The van der Waals surface area contributed by atoms with Crippen LogP contribution in [-0.4, -0.2) is 15.7 Å². The van der Waals surface area contributed by atoms with Crippen LogP contribution in [-0.2, 0) is 6.54 Å². The Morgan fingerprint density at radius 3 is 2.88 bits per heavy atom. The van der Waals surface area contributed by atoms with E-state index in [1.165, 1.54) is 12.1 Å². The number of nitrogens with zero attached hydrogens (tertiary/aromatic N) is 2. The van der Waals surface area contributed by atoms with E-state index in [2.05, 4.69) is 10.4 Å². The molecule has 0 radical (unpaired) electrons. The second-order valence-electron chi connectivity index (χ2n) is 5.49. The van der Waals surface area contributed by atoms with E-state index in [9.17, 15) is 9.18 Å². The summed E-state index contributed by atoms with van der Waals surface area (Å²) in [4.78, 5) is 12.2. The van der Waals surface area contributed by atoms with Crippen molar-refractivity contribution in [3.05, 3.63) is 82.4 Å². The molecule has 2 aromatic carbocycles. The SMILES string of the molecule is Cc1cccc(C(=O)Nc2cnn(Cc3ccc(F)cc3Cl)c2)c1. The number of carbonyl (C=O) groups excluding carboxylic acids is 1. The number of nitrogens with one attached hydrogen (secondary N) is 1. The van der Waals surface area contributed by atoms with Gasteiger partial charge in [0.05, 0.1) is 18.4 Å². The molecule has 0 aliphatic rings. The number of halogens is 2. The molecule has 6 heteroatoms. The Labute approximate surface area is 143 Å². The molecule has 0 spiro atoms. The van der Waals surface area contributed by atoms with E-state index in [0.29, 0.717) is 22.8 Å². The Kier molecular flexibility index (Phi) is 4.62. The predicted molar refractivity (Wildman–Crippen MR) is 91.9 cm³/mol. The first-order chi connectivity index (χ1) is 11.5. The first-order valence-electron chi connectivity index (χ1n) is 7.36. The molecule has 0 aliphatic carbocycles. The monoisotopic (exact) mass is 343 g/mol. The minimum Gasteiger partial charge on any atom is -0.319 e. The van der Waals surface area contributed by atoms with Gasteiger partial charge in [0, 0.05) is 16.8 Å². The zero-order valence-corrected chi connectivity index (χ0v) is 13.7. The molecule has 0 atom stereocenters. The van der Waals surface area contributed by atoms with Gasteiger partial charge in [0.2, 0.25) is 0 Å². The average Bonchev–Trinajstić information content (AvgIpc) is 2.97. The molecule has 122 valence electrons. The number of aryl methyl sites for hydroxylation is 1. The Morgan fingerprint density at radius 2 is 2.12 bits per heavy atom. The van der Waals surface area contributed by atoms with E-state index in [0.717, 1.165) is 11.1 Å². The van der Waals surface area contributed by atoms with Crippen molar-refractivity contribution in [3.8, 4) is 0 Å². The summed E-state index contributed by atoms with van der Waals surface area (Å²) in [6, 6.07) is 11.6. The maximum atomic E-state index is 13.1. The Hall–Kier alpha value is -2.66. The Morgan fingerprint density at radius 1 is 1.29 bits per heavy atom. The van der Waals surface area contributed by atoms with Crippen LogP contribution in [0.5, 0.6) is 0 Å². The van der Waals surface area contributed by atoms with E-state index < -0.39 is 0 Å². The van der Waals surface area contributed by atoms with Gasteiger partial charge in [0.25, 0.3) is 5.91 Å². The first-order valence-corrected chi connectivity index (χ1v) is 7.73. The van der Waals surface area contributed by atoms with Crippen molar-refractivity contribution in [2.75, 3.05) is 5.32 Å². The van der Waals surface area contributed by atoms with Crippen molar-refractivity contribution in [3.63, 3.8) is 0 Å². The number of anilines is 1. The zero-order valence-electron chi connectivity index (χ0n) is 13.0. The molecule has 1 heterocycles. The van der Waals surface area contributed by atoms with Crippen LogP contribution in [0.1, 0.15) is 21.5 Å². The summed E-state index contributed by atoms with van der Waals surface area (Å²) in [5, 5.41) is 7.33. The molecule has 1 aromatic heterocycles. The molecule has 3 aromatic rings. The summed E-state index contributed by atoms with van der Waals surface area (Å²) in [6.07, 6.45) is 3.26. The third-order valence-electron chi connectivity index (χ3n) is 3.52. The lowest BCUT2D eigenvalue weighted by Crippen LogP contribution is -2.11. The zero-order chi connectivity index (χ0) is 17.1. The molecule has 0 fully saturated rings. The van der Waals surface area contributed by atoms with Crippen LogP contribution in [0.2, 0.25) is 5.02 Å². The van der Waals surface area contributed by atoms with Gasteiger partial charge in [-0.1, -0.05) is 35.4 Å². The highest BCUT2D eigenvalue weighted by Crippen LogP contribution is 2.19. The second-order valence-corrected chi connectivity index (χ2v) is 5.89. The van der Waals surface area contributed by atoms with Gasteiger partial charge in [0.1, 0.15) is 5.82 Å². The fourth-order valence-electron chi connectivity index (χ4n) is 2.33. The van der Waals surface area contributed by atoms with Crippen LogP contribution in [0.25, 0.3) is 0 Å². The molecule has 1 N–H and O–H groups in total. The van der Waals surface area contributed by atoms with Gasteiger partial charge in [-0.15, -0.1) is 0 Å². The smallest absolute Gasteiger partial charge is 0.255 e. The normalized spacial score (nSPS) is 10.6. The maximum Gasteiger partial charge on any atom is 0.255 e. The molecule has 0 saturated heterocycles. The van der Waals surface area contributed by atoms with Crippen molar-refractivity contribution in [1.29, 1.82) is 0 Å². The molecule has 3 rings (SSSR count). The summed E-state index contributed by atoms with van der Waals surface area (Å²) in [6.45, 7) is 2.32. The highest BCUT2D eigenvalue weighted by Gasteiger charge is 2.09. The summed E-state index contributed by atoms with van der Waals surface area (Å²) >= 11 is 6.01. The van der Waals surface area contributed by atoms with Gasteiger partial charge in [0.15, 0.2) is 0 Å². The fraction of sp³-hybridized carbons (Fsp3) is 0.111. The molecule has 1 amide bonds. The highest BCUT2D eigenvalue weighted by atomic mass is 35.5. The van der Waals surface area contributed by atoms with Crippen molar-refractivity contribution in [1.82, 2.24) is 9.78 Å². The third kappa shape index (κ3) is 3.81. The second kappa shape index (κ2) is 6.84. The first kappa shape index (κ1) is 16.2. The van der Waals surface area contributed by atoms with E-state index in [1.54, 1.807) is 29.2 Å². The summed E-state index contributed by atoms with van der Waals surface area (Å²) in [7, 11) is 0. The molecule has 4 nitrogen and oxygen atoms in total. The van der Waals surface area contributed by atoms with Gasteiger partial charge in [-0.05, 0) is 36.8 Å². The Balaban J connectivity index is 1.70. The van der Waals surface area contributed by atoms with Crippen LogP contribution >= 0.6 is 11.6 Å². The third-order valence-corrected chi connectivity index (χ3v) is 3.87. The number of rotatable bonds is 4. The standard InChI is InChI=1S/C18H15ClFN3O/c1-12-3-2-4-13(7-12)18(24)22-16-9-21-23(11-16)10-14-5-6-15(20)8-17(14)19/h2-9,11H,10H2,1H3,(H,22,24). The molecule has 0 unspecified atom stereocenters.